The third kappa shape index (κ3) is 7.54. The molecule has 0 radical (unpaired) electrons. The van der Waals surface area contributed by atoms with E-state index < -0.39 is 62.6 Å². The molecule has 0 aromatic carbocycles. The summed E-state index contributed by atoms with van der Waals surface area (Å²) in [6.07, 6.45) is 3.44. The van der Waals surface area contributed by atoms with Gasteiger partial charge in [0.15, 0.2) is 22.5 Å². The Morgan fingerprint density at radius 1 is 1.14 bits per heavy atom. The van der Waals surface area contributed by atoms with E-state index in [-0.39, 0.29) is 42.3 Å². The fraction of sp³-hybridized carbons (Fsp3) is 0.421. The minimum atomic E-state index is -4.42. The summed E-state index contributed by atoms with van der Waals surface area (Å²) in [5.41, 5.74) is -1.86. The highest BCUT2D eigenvalue weighted by Gasteiger charge is 2.35. The first-order chi connectivity index (χ1) is 16.9. The van der Waals surface area contributed by atoms with Gasteiger partial charge in [-0.25, -0.2) is 18.8 Å². The van der Waals surface area contributed by atoms with Gasteiger partial charge in [0.25, 0.3) is 21.6 Å². The third-order valence-electron chi connectivity index (χ3n) is 4.46. The first-order valence-corrected chi connectivity index (χ1v) is 13.3. The van der Waals surface area contributed by atoms with E-state index in [0.717, 1.165) is 16.8 Å². The van der Waals surface area contributed by atoms with Gasteiger partial charge in [0.2, 0.25) is 0 Å². The predicted molar refractivity (Wildman–Crippen MR) is 126 cm³/mol. The van der Waals surface area contributed by atoms with E-state index >= 15 is 0 Å². The number of aromatic amines is 1. The number of carbonyl (C=O) groups is 3. The molecule has 0 aliphatic carbocycles. The van der Waals surface area contributed by atoms with Crippen molar-refractivity contribution in [2.24, 2.45) is 5.10 Å². The van der Waals surface area contributed by atoms with Crippen LogP contribution in [0, 0.1) is 0 Å². The Kier molecular flexibility index (Phi) is 10.0. The summed E-state index contributed by atoms with van der Waals surface area (Å²) in [6, 6.07) is 0. The lowest BCUT2D eigenvalue weighted by molar-refractivity contribution is -0.135. The Hall–Kier alpha value is -3.41. The average Bonchev–Trinajstić information content (AvgIpc) is 3.27. The Labute approximate surface area is 207 Å². The second-order valence-electron chi connectivity index (χ2n) is 6.93. The molecule has 198 valence electrons. The molecule has 1 amide bonds. The summed E-state index contributed by atoms with van der Waals surface area (Å²) in [4.78, 5) is 49.9. The number of hydrogen-bond acceptors (Lipinski definition) is 10. The van der Waals surface area contributed by atoms with Gasteiger partial charge < -0.3 is 14.0 Å². The Morgan fingerprint density at radius 2 is 1.78 bits per heavy atom. The van der Waals surface area contributed by atoms with Crippen molar-refractivity contribution in [1.29, 1.82) is 0 Å². The maximum atomic E-state index is 12.7. The van der Waals surface area contributed by atoms with Crippen LogP contribution in [0.1, 0.15) is 29.9 Å². The monoisotopic (exact) mass is 548 g/mol. The number of nitrogens with one attached hydrogen (secondary N) is 1. The smallest absolute Gasteiger partial charge is 0.359 e. The molecule has 1 aromatic rings. The zero-order valence-electron chi connectivity index (χ0n) is 19.2. The highest BCUT2D eigenvalue weighted by Crippen LogP contribution is 2.17. The van der Waals surface area contributed by atoms with Crippen LogP contribution in [0.4, 0.5) is 0 Å². The highest BCUT2D eigenvalue weighted by molar-refractivity contribution is 7.85. The molecule has 15 nitrogen and oxygen atoms in total. The van der Waals surface area contributed by atoms with Crippen LogP contribution in [-0.2, 0) is 46.8 Å². The number of ether oxygens (including phenoxy) is 2. The minimum Gasteiger partial charge on any atom is -0.461 e. The Balaban J connectivity index is 2.44. The van der Waals surface area contributed by atoms with Crippen molar-refractivity contribution in [3.05, 3.63) is 39.3 Å². The largest absolute Gasteiger partial charge is 0.461 e. The lowest BCUT2D eigenvalue weighted by Gasteiger charge is -2.09. The van der Waals surface area contributed by atoms with Crippen molar-refractivity contribution in [3.63, 3.8) is 0 Å². The molecular weight excluding hydrogens is 524 g/mol. The zero-order valence-corrected chi connectivity index (χ0v) is 20.8. The fourth-order valence-corrected chi connectivity index (χ4v) is 3.64. The van der Waals surface area contributed by atoms with Crippen LogP contribution in [0.25, 0.3) is 6.08 Å². The van der Waals surface area contributed by atoms with Gasteiger partial charge in [-0.15, -0.1) is 0 Å². The first-order valence-electron chi connectivity index (χ1n) is 10.4. The van der Waals surface area contributed by atoms with Gasteiger partial charge in [-0.3, -0.25) is 23.9 Å². The van der Waals surface area contributed by atoms with Crippen molar-refractivity contribution >= 4 is 50.8 Å². The van der Waals surface area contributed by atoms with E-state index in [1.54, 1.807) is 6.92 Å². The molecule has 1 aromatic heterocycles. The molecule has 0 saturated heterocycles. The lowest BCUT2D eigenvalue weighted by Crippen LogP contribution is -2.28. The van der Waals surface area contributed by atoms with Gasteiger partial charge in [-0.2, -0.15) is 13.5 Å². The van der Waals surface area contributed by atoms with Gasteiger partial charge in [-0.1, -0.05) is 6.08 Å². The zero-order chi connectivity index (χ0) is 27.0. The molecule has 0 fully saturated rings. The summed E-state index contributed by atoms with van der Waals surface area (Å²) >= 11 is -2.19. The normalized spacial score (nSPS) is 16.0. The number of aryl methyl sites for hydroxylation is 1. The molecule has 17 heteroatoms. The number of nitrogens with zero attached hydrogens (tertiary/aromatic N) is 3. The fourth-order valence-electron chi connectivity index (χ4n) is 2.89. The molecule has 2 heterocycles. The van der Waals surface area contributed by atoms with Crippen molar-refractivity contribution in [2.75, 3.05) is 31.3 Å². The summed E-state index contributed by atoms with van der Waals surface area (Å²) in [6.45, 7) is 2.30. The van der Waals surface area contributed by atoms with E-state index in [4.69, 9.17) is 18.6 Å². The minimum absolute atomic E-state index is 0.00711. The molecule has 3 N–H and O–H groups in total. The van der Waals surface area contributed by atoms with Crippen molar-refractivity contribution in [2.45, 2.75) is 20.4 Å². The van der Waals surface area contributed by atoms with Crippen molar-refractivity contribution in [3.8, 4) is 0 Å². The summed E-state index contributed by atoms with van der Waals surface area (Å²) in [5, 5.41) is 6.97. The number of hydrogen-bond donors (Lipinski definition) is 3. The van der Waals surface area contributed by atoms with Crippen molar-refractivity contribution in [1.82, 2.24) is 14.8 Å². The van der Waals surface area contributed by atoms with E-state index in [9.17, 15) is 31.8 Å². The number of H-pyrrole nitrogens is 1. The number of amides is 1. The van der Waals surface area contributed by atoms with Crippen LogP contribution < -0.4 is 5.56 Å². The highest BCUT2D eigenvalue weighted by atomic mass is 32.2. The summed E-state index contributed by atoms with van der Waals surface area (Å²) in [5.74, 6) is -3.82. The average molecular weight is 549 g/mol. The van der Waals surface area contributed by atoms with E-state index in [1.165, 1.54) is 13.0 Å². The Bertz CT molecular complexity index is 1300. The quantitative estimate of drug-likeness (QED) is 0.127. The molecule has 36 heavy (non-hydrogen) atoms. The van der Waals surface area contributed by atoms with Gasteiger partial charge in [0.05, 0.1) is 48.9 Å². The standard InChI is InChI=1S/C19H24N4O11S2/c1-3-33-18(26)14-12(16(24)22(20-14)8-10-35(28)29)6-5-7-13-15(19(27)34-4-2)21-23(17(13)25)9-11-36(30,31)32/h5-7,20H,3-4,8-11H2,1-2H3,(H,28,29)(H,30,31,32). The predicted octanol–water partition coefficient (Wildman–Crippen LogP) is -0.836. The number of carbonyl (C=O) groups excluding carboxylic acids is 3. The van der Waals surface area contributed by atoms with Crippen LogP contribution in [0.5, 0.6) is 0 Å². The number of hydrazone groups is 1. The molecule has 0 bridgehead atoms. The summed E-state index contributed by atoms with van der Waals surface area (Å²) < 4.78 is 61.6. The van der Waals surface area contributed by atoms with E-state index in [1.807, 2.05) is 0 Å². The molecule has 0 spiro atoms. The third-order valence-corrected chi connectivity index (χ3v) is 5.69. The van der Waals surface area contributed by atoms with Crippen LogP contribution in [-0.4, -0.2) is 91.3 Å². The topological polar surface area (TPSA) is 215 Å². The molecule has 1 atom stereocenters. The maximum absolute atomic E-state index is 12.7. The van der Waals surface area contributed by atoms with Gasteiger partial charge in [0.1, 0.15) is 0 Å². The van der Waals surface area contributed by atoms with Crippen LogP contribution in [0.3, 0.4) is 0 Å². The SMILES string of the molecule is CCOC(=O)C1=NN(CCS(=O)(=O)O)C(=O)C1=CC=Cc1c(C(=O)OCC)[nH]n(CCS(=O)O)c1=O. The molecule has 0 saturated carbocycles. The van der Waals surface area contributed by atoms with Gasteiger partial charge in [0, 0.05) is 0 Å². The molecular formula is C19H24N4O11S2. The van der Waals surface area contributed by atoms with E-state index in [0.29, 0.717) is 5.01 Å². The van der Waals surface area contributed by atoms with Crippen molar-refractivity contribution < 1.29 is 45.6 Å². The molecule has 2 rings (SSSR count). The number of allylic oxidation sites excluding steroid dienone is 2. The first kappa shape index (κ1) is 28.8. The molecule has 1 unspecified atom stereocenters. The van der Waals surface area contributed by atoms with Crippen LogP contribution >= 0.6 is 0 Å². The lowest BCUT2D eigenvalue weighted by atomic mass is 10.1. The number of rotatable bonds is 12. The number of esters is 2. The molecule has 1 aliphatic heterocycles. The van der Waals surface area contributed by atoms with Gasteiger partial charge in [-0.05, 0) is 26.0 Å². The van der Waals surface area contributed by atoms with E-state index in [2.05, 4.69) is 10.2 Å². The Morgan fingerprint density at radius 3 is 2.36 bits per heavy atom. The number of aromatic nitrogens is 2. The summed E-state index contributed by atoms with van der Waals surface area (Å²) in [7, 11) is -4.42. The van der Waals surface area contributed by atoms with Crippen LogP contribution in [0.15, 0.2) is 27.6 Å². The van der Waals surface area contributed by atoms with Gasteiger partial charge >= 0.3 is 11.9 Å². The second kappa shape index (κ2) is 12.5. The second-order valence-corrected chi connectivity index (χ2v) is 9.55. The molecule has 1 aliphatic rings. The maximum Gasteiger partial charge on any atom is 0.359 e. The van der Waals surface area contributed by atoms with Crippen LogP contribution in [0.2, 0.25) is 0 Å².